The van der Waals surface area contributed by atoms with Gasteiger partial charge in [0, 0.05) is 45.2 Å². The van der Waals surface area contributed by atoms with Gasteiger partial charge in [0.2, 0.25) is 11.9 Å². The Hall–Kier alpha value is -2.00. The van der Waals surface area contributed by atoms with Gasteiger partial charge < -0.3 is 9.80 Å². The normalized spacial score (nSPS) is 23.8. The number of hydrogen-bond donors (Lipinski definition) is 0. The third-order valence-corrected chi connectivity index (χ3v) is 4.79. The van der Waals surface area contributed by atoms with Crippen LogP contribution in [0.15, 0.2) is 12.3 Å². The van der Waals surface area contributed by atoms with Gasteiger partial charge in [-0.05, 0) is 18.9 Å². The van der Waals surface area contributed by atoms with Crippen molar-refractivity contribution >= 4 is 11.9 Å². The molecule has 5 nitrogen and oxygen atoms in total. The molecule has 26 heavy (non-hydrogen) atoms. The summed E-state index contributed by atoms with van der Waals surface area (Å²) < 4.78 is 64.9. The maximum Gasteiger partial charge on any atom is 0.433 e. The third kappa shape index (κ3) is 4.21. The van der Waals surface area contributed by atoms with Crippen LogP contribution in [0.25, 0.3) is 0 Å². The first kappa shape index (κ1) is 18.8. The van der Waals surface area contributed by atoms with E-state index in [1.807, 2.05) is 0 Å². The standard InChI is InChI=1S/C16H19F5N4O/c17-15(18)4-8-24(9-5-15)13(26)11-2-1-7-25(10-11)14-22-6-3-12(23-14)16(19,20)21/h3,6,11H,1-2,4-5,7-10H2. The Morgan fingerprint density at radius 3 is 2.54 bits per heavy atom. The molecule has 144 valence electrons. The number of rotatable bonds is 2. The number of alkyl halides is 5. The van der Waals surface area contributed by atoms with Gasteiger partial charge in [-0.3, -0.25) is 4.79 Å². The fourth-order valence-corrected chi connectivity index (χ4v) is 3.33. The molecule has 3 rings (SSSR count). The number of aromatic nitrogens is 2. The van der Waals surface area contributed by atoms with E-state index in [9.17, 15) is 26.7 Å². The van der Waals surface area contributed by atoms with Crippen molar-refractivity contribution in [3.8, 4) is 0 Å². The lowest BCUT2D eigenvalue weighted by molar-refractivity contribution is -0.142. The van der Waals surface area contributed by atoms with Crippen LogP contribution in [0.5, 0.6) is 0 Å². The number of hydrogen-bond acceptors (Lipinski definition) is 4. The minimum atomic E-state index is -4.57. The second-order valence-corrected chi connectivity index (χ2v) is 6.71. The van der Waals surface area contributed by atoms with Crippen molar-refractivity contribution in [1.29, 1.82) is 0 Å². The van der Waals surface area contributed by atoms with Crippen molar-refractivity contribution < 1.29 is 26.7 Å². The monoisotopic (exact) mass is 378 g/mol. The first-order chi connectivity index (χ1) is 12.2. The Labute approximate surface area is 147 Å². The van der Waals surface area contributed by atoms with E-state index in [1.165, 1.54) is 4.90 Å². The van der Waals surface area contributed by atoms with E-state index in [4.69, 9.17) is 0 Å². The summed E-state index contributed by atoms with van der Waals surface area (Å²) in [6.45, 7) is 0.640. The van der Waals surface area contributed by atoms with E-state index in [2.05, 4.69) is 9.97 Å². The van der Waals surface area contributed by atoms with Gasteiger partial charge in [0.05, 0.1) is 5.92 Å². The number of piperidine rings is 2. The summed E-state index contributed by atoms with van der Waals surface area (Å²) in [5, 5.41) is 0. The molecule has 1 amide bonds. The molecule has 1 atom stereocenters. The van der Waals surface area contributed by atoms with Crippen LogP contribution < -0.4 is 4.90 Å². The van der Waals surface area contributed by atoms with Crippen LogP contribution in [-0.2, 0) is 11.0 Å². The van der Waals surface area contributed by atoms with Crippen LogP contribution in [-0.4, -0.2) is 52.9 Å². The van der Waals surface area contributed by atoms with Crippen LogP contribution >= 0.6 is 0 Å². The van der Waals surface area contributed by atoms with Crippen molar-refractivity contribution in [2.24, 2.45) is 5.92 Å². The average Bonchev–Trinajstić information content (AvgIpc) is 2.61. The second kappa shape index (κ2) is 6.96. The predicted molar refractivity (Wildman–Crippen MR) is 82.7 cm³/mol. The van der Waals surface area contributed by atoms with Crippen molar-refractivity contribution in [2.75, 3.05) is 31.1 Å². The van der Waals surface area contributed by atoms with Crippen molar-refractivity contribution in [2.45, 2.75) is 37.8 Å². The number of anilines is 1. The molecule has 2 aliphatic rings. The highest BCUT2D eigenvalue weighted by Crippen LogP contribution is 2.31. The van der Waals surface area contributed by atoms with Crippen LogP contribution in [0.1, 0.15) is 31.4 Å². The SMILES string of the molecule is O=C(C1CCCN(c2nccc(C(F)(F)F)n2)C1)N1CCC(F)(F)CC1. The zero-order valence-electron chi connectivity index (χ0n) is 14.0. The van der Waals surface area contributed by atoms with Gasteiger partial charge >= 0.3 is 6.18 Å². The van der Waals surface area contributed by atoms with Gasteiger partial charge in [0.25, 0.3) is 5.92 Å². The van der Waals surface area contributed by atoms with E-state index in [-0.39, 0.29) is 44.3 Å². The summed E-state index contributed by atoms with van der Waals surface area (Å²) >= 11 is 0. The summed E-state index contributed by atoms with van der Waals surface area (Å²) in [5.41, 5.74) is -1.03. The van der Waals surface area contributed by atoms with Crippen LogP contribution in [0.3, 0.4) is 0 Å². The highest BCUT2D eigenvalue weighted by Gasteiger charge is 2.39. The highest BCUT2D eigenvalue weighted by molar-refractivity contribution is 5.79. The molecular formula is C16H19F5N4O. The molecule has 0 N–H and O–H groups in total. The Morgan fingerprint density at radius 2 is 1.88 bits per heavy atom. The van der Waals surface area contributed by atoms with Crippen molar-refractivity contribution in [3.63, 3.8) is 0 Å². The van der Waals surface area contributed by atoms with E-state index in [0.29, 0.717) is 19.4 Å². The summed E-state index contributed by atoms with van der Waals surface area (Å²) in [5.74, 6) is -3.48. The number of carbonyl (C=O) groups is 1. The maximum atomic E-state index is 13.2. The van der Waals surface area contributed by atoms with Gasteiger partial charge in [-0.1, -0.05) is 0 Å². The van der Waals surface area contributed by atoms with E-state index < -0.39 is 23.7 Å². The van der Waals surface area contributed by atoms with Gasteiger partial charge in [0.15, 0.2) is 0 Å². The summed E-state index contributed by atoms with van der Waals surface area (Å²) in [4.78, 5) is 23.0. The topological polar surface area (TPSA) is 49.3 Å². The summed E-state index contributed by atoms with van der Waals surface area (Å²) in [6, 6.07) is 0.796. The van der Waals surface area contributed by atoms with Crippen LogP contribution in [0.2, 0.25) is 0 Å². The molecule has 1 aromatic rings. The van der Waals surface area contributed by atoms with Gasteiger partial charge in [0.1, 0.15) is 5.69 Å². The molecule has 1 unspecified atom stereocenters. The lowest BCUT2D eigenvalue weighted by Crippen LogP contribution is -2.49. The highest BCUT2D eigenvalue weighted by atomic mass is 19.4. The number of amides is 1. The molecule has 0 aliphatic carbocycles. The minimum absolute atomic E-state index is 0.00237. The molecule has 0 saturated carbocycles. The molecule has 0 spiro atoms. The van der Waals surface area contributed by atoms with Gasteiger partial charge in [-0.15, -0.1) is 0 Å². The minimum Gasteiger partial charge on any atom is -0.342 e. The second-order valence-electron chi connectivity index (χ2n) is 6.71. The Bertz CT molecular complexity index is 656. The zero-order chi connectivity index (χ0) is 18.9. The largest absolute Gasteiger partial charge is 0.433 e. The third-order valence-electron chi connectivity index (χ3n) is 4.79. The number of carbonyl (C=O) groups excluding carboxylic acids is 1. The zero-order valence-corrected chi connectivity index (χ0v) is 14.0. The number of likely N-dealkylation sites (tertiary alicyclic amines) is 1. The molecular weight excluding hydrogens is 359 g/mol. The van der Waals surface area contributed by atoms with Crippen LogP contribution in [0, 0.1) is 5.92 Å². The van der Waals surface area contributed by atoms with E-state index >= 15 is 0 Å². The van der Waals surface area contributed by atoms with Gasteiger partial charge in [-0.25, -0.2) is 18.7 Å². The fourth-order valence-electron chi connectivity index (χ4n) is 3.33. The molecule has 1 aromatic heterocycles. The smallest absolute Gasteiger partial charge is 0.342 e. The molecule has 3 heterocycles. The quantitative estimate of drug-likeness (QED) is 0.743. The molecule has 2 aliphatic heterocycles. The van der Waals surface area contributed by atoms with Crippen molar-refractivity contribution in [3.05, 3.63) is 18.0 Å². The molecule has 2 saturated heterocycles. The predicted octanol–water partition coefficient (Wildman–Crippen LogP) is 2.97. The maximum absolute atomic E-state index is 13.2. The Balaban J connectivity index is 1.67. The molecule has 0 aromatic carbocycles. The summed E-state index contributed by atoms with van der Waals surface area (Å²) in [7, 11) is 0. The van der Waals surface area contributed by atoms with Crippen LogP contribution in [0.4, 0.5) is 27.9 Å². The Morgan fingerprint density at radius 1 is 1.19 bits per heavy atom. The Kier molecular flexibility index (Phi) is 5.03. The summed E-state index contributed by atoms with van der Waals surface area (Å²) in [6.07, 6.45) is -3.07. The lowest BCUT2D eigenvalue weighted by atomic mass is 9.95. The average molecular weight is 378 g/mol. The molecule has 10 heteroatoms. The molecule has 2 fully saturated rings. The van der Waals surface area contributed by atoms with E-state index in [1.54, 1.807) is 4.90 Å². The lowest BCUT2D eigenvalue weighted by Gasteiger charge is -2.37. The van der Waals surface area contributed by atoms with Crippen molar-refractivity contribution in [1.82, 2.24) is 14.9 Å². The number of nitrogens with zero attached hydrogens (tertiary/aromatic N) is 4. The van der Waals surface area contributed by atoms with Gasteiger partial charge in [-0.2, -0.15) is 13.2 Å². The molecule has 0 bridgehead atoms. The fraction of sp³-hybridized carbons (Fsp3) is 0.688. The molecule has 0 radical (unpaired) electrons. The number of halogens is 5. The first-order valence-electron chi connectivity index (χ1n) is 8.47. The van der Waals surface area contributed by atoms with E-state index in [0.717, 1.165) is 12.3 Å². The first-order valence-corrected chi connectivity index (χ1v) is 8.47.